The molecule has 0 fully saturated rings. The Hall–Kier alpha value is -0.130. The Kier molecular flexibility index (Phi) is 2.39. The van der Waals surface area contributed by atoms with Crippen molar-refractivity contribution >= 4 is 10.0 Å². The Labute approximate surface area is 49.3 Å². The molecule has 0 aromatic carbocycles. The molecule has 4 nitrogen and oxygen atoms in total. The van der Waals surface area contributed by atoms with Crippen molar-refractivity contribution < 1.29 is 8.42 Å². The van der Waals surface area contributed by atoms with Crippen LogP contribution in [0, 0.1) is 0 Å². The summed E-state index contributed by atoms with van der Waals surface area (Å²) in [4.78, 5) is 1.43. The molecule has 49 valence electrons. The highest BCUT2D eigenvalue weighted by molar-refractivity contribution is 7.88. The second-order valence-electron chi connectivity index (χ2n) is 1.82. The van der Waals surface area contributed by atoms with Crippen LogP contribution < -0.4 is 5.14 Å². The Morgan fingerprint density at radius 2 is 1.88 bits per heavy atom. The van der Waals surface area contributed by atoms with Gasteiger partial charge in [0.15, 0.2) is 0 Å². The predicted molar refractivity (Wildman–Crippen MR) is 30.6 cm³/mol. The summed E-state index contributed by atoms with van der Waals surface area (Å²) in [5, 5.41) is 6.39. The third-order valence-corrected chi connectivity index (χ3v) is 1.28. The van der Waals surface area contributed by atoms with Crippen LogP contribution in [0.25, 0.3) is 0 Å². The number of rotatable bonds is 2. The van der Waals surface area contributed by atoms with Gasteiger partial charge in [0.1, 0.15) is 5.88 Å². The van der Waals surface area contributed by atoms with Gasteiger partial charge in [0, 0.05) is 0 Å². The molecule has 0 aliphatic carbocycles. The Balaban J connectivity index is 3.75. The lowest BCUT2D eigenvalue weighted by atomic mass is 11.0. The van der Waals surface area contributed by atoms with Crippen molar-refractivity contribution in [3.8, 4) is 0 Å². The second kappa shape index (κ2) is 2.43. The fourth-order valence-electron chi connectivity index (χ4n) is 0.340. The average Bonchev–Trinajstić information content (AvgIpc) is 1.21. The molecule has 0 amide bonds. The van der Waals surface area contributed by atoms with E-state index in [1.807, 2.05) is 0 Å². The van der Waals surface area contributed by atoms with E-state index in [9.17, 15) is 8.42 Å². The van der Waals surface area contributed by atoms with Crippen molar-refractivity contribution in [3.63, 3.8) is 0 Å². The lowest BCUT2D eigenvalue weighted by Crippen LogP contribution is -2.21. The largest absolute Gasteiger partial charge is 0.295 e. The van der Waals surface area contributed by atoms with Crippen LogP contribution in [0.15, 0.2) is 0 Å². The molecular weight excluding hydrogens is 128 g/mol. The van der Waals surface area contributed by atoms with E-state index in [1.54, 1.807) is 14.1 Å². The average molecular weight is 137 g/mol. The first-order chi connectivity index (χ1) is 3.42. The summed E-state index contributed by atoms with van der Waals surface area (Å²) in [6, 6.07) is 0. The van der Waals surface area contributed by atoms with Gasteiger partial charge >= 0.3 is 0 Å². The topological polar surface area (TPSA) is 61.2 Å². The zero-order valence-electron chi connectivity index (χ0n) is 4.88. The van der Waals surface area contributed by atoms with Crippen LogP contribution in [0.2, 0.25) is 0 Å². The molecule has 1 radical (unpaired) electrons. The van der Waals surface area contributed by atoms with E-state index < -0.39 is 10.0 Å². The normalized spacial score (nSPS) is 12.5. The quantitative estimate of drug-likeness (QED) is 0.496. The molecule has 0 saturated heterocycles. The monoisotopic (exact) mass is 137 g/mol. The Morgan fingerprint density at radius 3 is 1.88 bits per heavy atom. The van der Waals surface area contributed by atoms with Gasteiger partial charge in [-0.2, -0.15) is 0 Å². The maximum absolute atomic E-state index is 10.1. The van der Waals surface area contributed by atoms with E-state index in [1.165, 1.54) is 4.90 Å². The second-order valence-corrected chi connectivity index (χ2v) is 3.31. The minimum Gasteiger partial charge on any atom is -0.295 e. The zero-order valence-corrected chi connectivity index (χ0v) is 5.70. The van der Waals surface area contributed by atoms with Gasteiger partial charge in [-0.3, -0.25) is 4.90 Å². The number of sulfonamides is 1. The van der Waals surface area contributed by atoms with Gasteiger partial charge in [0.25, 0.3) is 0 Å². The van der Waals surface area contributed by atoms with Crippen molar-refractivity contribution in [1.29, 1.82) is 0 Å². The molecule has 0 saturated carbocycles. The standard InChI is InChI=1S/C3H9N2O2S/c1-5(2)3-8(4,6)7/h4H,3H2,1-2H3. The van der Waals surface area contributed by atoms with Crippen molar-refractivity contribution in [1.82, 2.24) is 10.0 Å². The molecule has 0 aliphatic rings. The highest BCUT2D eigenvalue weighted by Crippen LogP contribution is 1.81. The van der Waals surface area contributed by atoms with Crippen molar-refractivity contribution in [2.24, 2.45) is 0 Å². The first kappa shape index (κ1) is 7.87. The molecule has 0 aromatic rings. The Morgan fingerprint density at radius 1 is 1.50 bits per heavy atom. The van der Waals surface area contributed by atoms with Crippen molar-refractivity contribution in [3.05, 3.63) is 0 Å². The summed E-state index contributed by atoms with van der Waals surface area (Å²) < 4.78 is 20.1. The summed E-state index contributed by atoms with van der Waals surface area (Å²) in [7, 11) is -0.341. The third kappa shape index (κ3) is 5.87. The minimum atomic E-state index is -3.55. The lowest BCUT2D eigenvalue weighted by molar-refractivity contribution is 0.462. The third-order valence-electron chi connectivity index (χ3n) is 0.428. The number of nitrogens with zero attached hydrogens (tertiary/aromatic N) is 1. The molecule has 0 aliphatic heterocycles. The molecule has 1 N–H and O–H groups in total. The smallest absolute Gasteiger partial charge is 0.238 e. The van der Waals surface area contributed by atoms with Crippen LogP contribution in [0.5, 0.6) is 0 Å². The summed E-state index contributed by atoms with van der Waals surface area (Å²) in [5.74, 6) is -0.201. The van der Waals surface area contributed by atoms with Gasteiger partial charge in [-0.05, 0) is 14.1 Å². The molecule has 8 heavy (non-hydrogen) atoms. The van der Waals surface area contributed by atoms with Crippen LogP contribution in [0.4, 0.5) is 0 Å². The molecule has 5 heteroatoms. The van der Waals surface area contributed by atoms with Crippen LogP contribution in [0.1, 0.15) is 0 Å². The van der Waals surface area contributed by atoms with Crippen molar-refractivity contribution in [2.45, 2.75) is 0 Å². The van der Waals surface area contributed by atoms with Crippen molar-refractivity contribution in [2.75, 3.05) is 20.0 Å². The van der Waals surface area contributed by atoms with Gasteiger partial charge in [0.2, 0.25) is 10.0 Å². The van der Waals surface area contributed by atoms with E-state index in [2.05, 4.69) is 0 Å². The molecule has 0 heterocycles. The highest BCUT2D eigenvalue weighted by atomic mass is 32.2. The number of hydrogen-bond donors (Lipinski definition) is 0. The summed E-state index contributed by atoms with van der Waals surface area (Å²) in [6.07, 6.45) is 0. The first-order valence-electron chi connectivity index (χ1n) is 2.04. The van der Waals surface area contributed by atoms with E-state index >= 15 is 0 Å². The van der Waals surface area contributed by atoms with E-state index in [0.717, 1.165) is 0 Å². The van der Waals surface area contributed by atoms with E-state index in [0.29, 0.717) is 0 Å². The van der Waals surface area contributed by atoms with Crippen LogP contribution in [-0.4, -0.2) is 33.3 Å². The van der Waals surface area contributed by atoms with Gasteiger partial charge in [-0.1, -0.05) is 0 Å². The maximum Gasteiger partial charge on any atom is 0.238 e. The zero-order chi connectivity index (χ0) is 6.78. The summed E-state index contributed by atoms with van der Waals surface area (Å²) >= 11 is 0. The van der Waals surface area contributed by atoms with Gasteiger partial charge in [-0.25, -0.2) is 8.42 Å². The molecule has 0 spiro atoms. The molecule has 0 unspecified atom stereocenters. The van der Waals surface area contributed by atoms with E-state index in [4.69, 9.17) is 5.14 Å². The van der Waals surface area contributed by atoms with Crippen LogP contribution in [-0.2, 0) is 10.0 Å². The Bertz CT molecular complexity index is 149. The SMILES string of the molecule is CN(C)CS([NH])(=O)=O. The number of hydrogen-bond acceptors (Lipinski definition) is 3. The minimum absolute atomic E-state index is 0.201. The maximum atomic E-state index is 10.1. The van der Waals surface area contributed by atoms with Gasteiger partial charge in [-0.15, -0.1) is 5.14 Å². The van der Waals surface area contributed by atoms with Gasteiger partial charge < -0.3 is 0 Å². The van der Waals surface area contributed by atoms with Crippen LogP contribution in [0.3, 0.4) is 0 Å². The van der Waals surface area contributed by atoms with Gasteiger partial charge in [0.05, 0.1) is 0 Å². The fourth-order valence-corrected chi connectivity index (χ4v) is 1.02. The summed E-state index contributed by atoms with van der Waals surface area (Å²) in [6.45, 7) is 0. The fraction of sp³-hybridized carbons (Fsp3) is 1.00. The highest BCUT2D eigenvalue weighted by Gasteiger charge is 2.02. The van der Waals surface area contributed by atoms with Crippen LogP contribution >= 0.6 is 0 Å². The molecular formula is C3H9N2O2S. The predicted octanol–water partition coefficient (Wildman–Crippen LogP) is -0.882. The molecule has 0 aromatic heterocycles. The lowest BCUT2D eigenvalue weighted by Gasteiger charge is -2.04. The molecule has 0 bridgehead atoms. The first-order valence-corrected chi connectivity index (χ1v) is 3.69. The molecule has 0 atom stereocenters. The molecule has 0 rings (SSSR count). The summed E-state index contributed by atoms with van der Waals surface area (Å²) in [5.41, 5.74) is 0. The van der Waals surface area contributed by atoms with E-state index in [-0.39, 0.29) is 5.88 Å². The number of nitrogens with one attached hydrogen (secondary N) is 1.